The van der Waals surface area contributed by atoms with Gasteiger partial charge in [-0.3, -0.25) is 4.79 Å². The topological polar surface area (TPSA) is 66.8 Å². The van der Waals surface area contributed by atoms with Gasteiger partial charge in [-0.25, -0.2) is 4.79 Å². The number of Topliss-reactive ketones (excluding diaryl/α,β-unsaturated/α-hetero) is 1. The Kier molecular flexibility index (Phi) is 5.31. The summed E-state index contributed by atoms with van der Waals surface area (Å²) in [5.74, 6) is 0.559. The normalized spacial score (nSPS) is 14.1. The molecule has 2 aromatic carbocycles. The summed E-state index contributed by atoms with van der Waals surface area (Å²) in [5, 5.41) is 1.06. The standard InChI is InChI=1S/C24H23NO5/c1-4-25-13-16(18-8-6-7-9-19(18)25)11-21-24(27)23-15(3)10-17(12-20(23)30-21)29-14-22(26)28-5-2/h6-13H,4-5,14H2,1-3H3/b21-11-. The highest BCUT2D eigenvalue weighted by molar-refractivity contribution is 6.16. The number of nitrogens with zero attached hydrogens (tertiary/aromatic N) is 1. The molecule has 1 aliphatic heterocycles. The van der Waals surface area contributed by atoms with Gasteiger partial charge in [0, 0.05) is 35.3 Å². The van der Waals surface area contributed by atoms with E-state index in [2.05, 4.69) is 17.6 Å². The Hall–Kier alpha value is -3.54. The van der Waals surface area contributed by atoms with Crippen molar-refractivity contribution in [2.24, 2.45) is 0 Å². The zero-order valence-electron chi connectivity index (χ0n) is 17.2. The molecule has 4 rings (SSSR count). The SMILES string of the molecule is CCOC(=O)COc1cc(C)c2c(c1)O/C(=C\c1cn(CC)c3ccccc13)C2=O. The number of carbonyl (C=O) groups is 2. The van der Waals surface area contributed by atoms with E-state index in [1.807, 2.05) is 31.3 Å². The fraction of sp³-hybridized carbons (Fsp3) is 0.250. The molecule has 0 fully saturated rings. The van der Waals surface area contributed by atoms with E-state index in [1.54, 1.807) is 25.1 Å². The van der Waals surface area contributed by atoms with Crippen molar-refractivity contribution in [3.05, 3.63) is 65.0 Å². The number of hydrogen-bond donors (Lipinski definition) is 0. The maximum absolute atomic E-state index is 13.0. The average molecular weight is 405 g/mol. The third-order valence-corrected chi connectivity index (χ3v) is 5.05. The van der Waals surface area contributed by atoms with Gasteiger partial charge in [-0.15, -0.1) is 0 Å². The molecule has 1 aromatic heterocycles. The average Bonchev–Trinajstić information content (AvgIpc) is 3.25. The lowest BCUT2D eigenvalue weighted by Crippen LogP contribution is -2.14. The van der Waals surface area contributed by atoms with Crippen LogP contribution in [0.3, 0.4) is 0 Å². The number of ketones is 1. The van der Waals surface area contributed by atoms with Gasteiger partial charge in [-0.05, 0) is 44.5 Å². The molecule has 0 amide bonds. The predicted molar refractivity (Wildman–Crippen MR) is 114 cm³/mol. The van der Waals surface area contributed by atoms with Crippen molar-refractivity contribution in [1.82, 2.24) is 4.57 Å². The lowest BCUT2D eigenvalue weighted by Gasteiger charge is -2.08. The van der Waals surface area contributed by atoms with Crippen molar-refractivity contribution in [2.75, 3.05) is 13.2 Å². The van der Waals surface area contributed by atoms with Crippen LogP contribution in [0.25, 0.3) is 17.0 Å². The molecule has 0 spiro atoms. The fourth-order valence-corrected chi connectivity index (χ4v) is 3.70. The number of ether oxygens (including phenoxy) is 3. The van der Waals surface area contributed by atoms with Crippen LogP contribution in [0.5, 0.6) is 11.5 Å². The second-order valence-electron chi connectivity index (χ2n) is 7.03. The van der Waals surface area contributed by atoms with E-state index in [-0.39, 0.29) is 18.1 Å². The maximum atomic E-state index is 13.0. The van der Waals surface area contributed by atoms with Gasteiger partial charge in [0.2, 0.25) is 5.78 Å². The molecule has 6 heteroatoms. The van der Waals surface area contributed by atoms with E-state index in [1.165, 1.54) is 0 Å². The zero-order valence-corrected chi connectivity index (χ0v) is 17.2. The first-order valence-corrected chi connectivity index (χ1v) is 9.97. The van der Waals surface area contributed by atoms with Gasteiger partial charge in [0.15, 0.2) is 12.4 Å². The molecule has 0 unspecified atom stereocenters. The number of rotatable bonds is 6. The minimum Gasteiger partial charge on any atom is -0.482 e. The maximum Gasteiger partial charge on any atom is 0.344 e. The number of aromatic nitrogens is 1. The molecule has 2 heterocycles. The lowest BCUT2D eigenvalue weighted by atomic mass is 10.0. The molecule has 0 radical (unpaired) electrons. The number of carbonyl (C=O) groups excluding carboxylic acids is 2. The molecule has 3 aromatic rings. The Morgan fingerprint density at radius 2 is 2.00 bits per heavy atom. The molecular formula is C24H23NO5. The summed E-state index contributed by atoms with van der Waals surface area (Å²) in [4.78, 5) is 24.5. The number of allylic oxidation sites excluding steroid dienone is 1. The van der Waals surface area contributed by atoms with Crippen LogP contribution in [0.15, 0.2) is 48.4 Å². The number of hydrogen-bond acceptors (Lipinski definition) is 5. The Morgan fingerprint density at radius 1 is 1.20 bits per heavy atom. The Balaban J connectivity index is 1.64. The van der Waals surface area contributed by atoms with E-state index in [9.17, 15) is 9.59 Å². The lowest BCUT2D eigenvalue weighted by molar-refractivity contribution is -0.145. The van der Waals surface area contributed by atoms with E-state index in [0.29, 0.717) is 23.7 Å². The van der Waals surface area contributed by atoms with Gasteiger partial charge < -0.3 is 18.8 Å². The highest BCUT2D eigenvalue weighted by Gasteiger charge is 2.30. The molecule has 0 atom stereocenters. The summed E-state index contributed by atoms with van der Waals surface area (Å²) >= 11 is 0. The van der Waals surface area contributed by atoms with Crippen LogP contribution in [-0.4, -0.2) is 29.5 Å². The molecule has 0 bridgehead atoms. The Bertz CT molecular complexity index is 1170. The van der Waals surface area contributed by atoms with Gasteiger partial charge in [0.05, 0.1) is 12.2 Å². The Morgan fingerprint density at radius 3 is 2.77 bits per heavy atom. The number of para-hydroxylation sites is 1. The molecule has 1 aliphatic rings. The number of aryl methyl sites for hydroxylation is 2. The fourth-order valence-electron chi connectivity index (χ4n) is 3.70. The summed E-state index contributed by atoms with van der Waals surface area (Å²) in [7, 11) is 0. The first-order valence-electron chi connectivity index (χ1n) is 9.97. The van der Waals surface area contributed by atoms with Gasteiger partial charge in [-0.2, -0.15) is 0 Å². The summed E-state index contributed by atoms with van der Waals surface area (Å²) in [6.07, 6.45) is 3.81. The third kappa shape index (κ3) is 3.56. The summed E-state index contributed by atoms with van der Waals surface area (Å²) < 4.78 is 18.4. The second kappa shape index (κ2) is 8.06. The number of esters is 1. The van der Waals surface area contributed by atoms with Crippen LogP contribution in [0.2, 0.25) is 0 Å². The summed E-state index contributed by atoms with van der Waals surface area (Å²) in [5.41, 5.74) is 3.29. The van der Waals surface area contributed by atoms with Crippen molar-refractivity contribution >= 4 is 28.7 Å². The molecule has 6 nitrogen and oxygen atoms in total. The zero-order chi connectivity index (χ0) is 21.3. The van der Waals surface area contributed by atoms with E-state index < -0.39 is 5.97 Å². The second-order valence-corrected chi connectivity index (χ2v) is 7.03. The van der Waals surface area contributed by atoms with Crippen LogP contribution >= 0.6 is 0 Å². The van der Waals surface area contributed by atoms with Crippen LogP contribution in [0, 0.1) is 6.92 Å². The van der Waals surface area contributed by atoms with Crippen molar-refractivity contribution in [2.45, 2.75) is 27.3 Å². The summed E-state index contributed by atoms with van der Waals surface area (Å²) in [6, 6.07) is 11.4. The minimum absolute atomic E-state index is 0.159. The quantitative estimate of drug-likeness (QED) is 0.445. The van der Waals surface area contributed by atoms with Crippen molar-refractivity contribution in [3.8, 4) is 11.5 Å². The van der Waals surface area contributed by atoms with Crippen molar-refractivity contribution in [1.29, 1.82) is 0 Å². The van der Waals surface area contributed by atoms with Gasteiger partial charge in [-0.1, -0.05) is 18.2 Å². The van der Waals surface area contributed by atoms with Gasteiger partial charge >= 0.3 is 5.97 Å². The minimum atomic E-state index is -0.444. The predicted octanol–water partition coefficient (Wildman–Crippen LogP) is 4.53. The molecule has 154 valence electrons. The smallest absolute Gasteiger partial charge is 0.344 e. The van der Waals surface area contributed by atoms with Gasteiger partial charge in [0.1, 0.15) is 11.5 Å². The molecular weight excluding hydrogens is 382 g/mol. The number of fused-ring (bicyclic) bond motifs is 2. The van der Waals surface area contributed by atoms with Crippen LogP contribution in [-0.2, 0) is 16.1 Å². The first-order chi connectivity index (χ1) is 14.5. The first kappa shape index (κ1) is 19.8. The Labute approximate surface area is 174 Å². The van der Waals surface area contributed by atoms with E-state index in [0.717, 1.165) is 28.6 Å². The molecule has 30 heavy (non-hydrogen) atoms. The van der Waals surface area contributed by atoms with Crippen LogP contribution in [0.1, 0.15) is 35.3 Å². The van der Waals surface area contributed by atoms with Gasteiger partial charge in [0.25, 0.3) is 0 Å². The molecule has 0 saturated heterocycles. The largest absolute Gasteiger partial charge is 0.482 e. The van der Waals surface area contributed by atoms with Crippen molar-refractivity contribution < 1.29 is 23.8 Å². The number of benzene rings is 2. The van der Waals surface area contributed by atoms with Crippen molar-refractivity contribution in [3.63, 3.8) is 0 Å². The highest BCUT2D eigenvalue weighted by Crippen LogP contribution is 2.38. The third-order valence-electron chi connectivity index (χ3n) is 5.05. The molecule has 0 aliphatic carbocycles. The van der Waals surface area contributed by atoms with Crippen LogP contribution in [0.4, 0.5) is 0 Å². The highest BCUT2D eigenvalue weighted by atomic mass is 16.6. The van der Waals surface area contributed by atoms with Crippen LogP contribution < -0.4 is 9.47 Å². The monoisotopic (exact) mass is 405 g/mol. The molecule has 0 N–H and O–H groups in total. The van der Waals surface area contributed by atoms with E-state index in [4.69, 9.17) is 14.2 Å². The summed E-state index contributed by atoms with van der Waals surface area (Å²) in [6.45, 7) is 6.58. The van der Waals surface area contributed by atoms with E-state index >= 15 is 0 Å². The molecule has 0 saturated carbocycles.